The Kier molecular flexibility index (Phi) is 5.69. The molecule has 3 aliphatic heterocycles. The minimum Gasteiger partial charge on any atom is -0.343 e. The van der Waals surface area contributed by atoms with Crippen molar-refractivity contribution in [3.05, 3.63) is 29.3 Å². The SMILES string of the molecule is O=C1CCCN1CCC1CC[NH+]([C@H]2CC(=O)N(c3ccc(Cl)cc3)C2=O)CC1. The number of imide groups is 1. The van der Waals surface area contributed by atoms with E-state index in [9.17, 15) is 14.4 Å². The number of rotatable bonds is 5. The molecule has 0 aromatic heterocycles. The second-order valence-electron chi connectivity index (χ2n) is 8.18. The van der Waals surface area contributed by atoms with Crippen molar-refractivity contribution < 1.29 is 19.3 Å². The molecular formula is C21H27ClN3O3+. The van der Waals surface area contributed by atoms with Crippen LogP contribution in [0.5, 0.6) is 0 Å². The molecule has 0 radical (unpaired) electrons. The van der Waals surface area contributed by atoms with E-state index >= 15 is 0 Å². The quantitative estimate of drug-likeness (QED) is 0.752. The van der Waals surface area contributed by atoms with Gasteiger partial charge >= 0.3 is 0 Å². The van der Waals surface area contributed by atoms with E-state index in [4.69, 9.17) is 11.6 Å². The van der Waals surface area contributed by atoms with Crippen LogP contribution in [0.15, 0.2) is 24.3 Å². The molecular weight excluding hydrogens is 378 g/mol. The maximum absolute atomic E-state index is 12.9. The molecule has 1 N–H and O–H groups in total. The zero-order valence-corrected chi connectivity index (χ0v) is 16.8. The molecule has 3 saturated heterocycles. The number of carbonyl (C=O) groups is 3. The van der Waals surface area contributed by atoms with Crippen LogP contribution in [0, 0.1) is 5.92 Å². The fourth-order valence-electron chi connectivity index (χ4n) is 4.78. The lowest BCUT2D eigenvalue weighted by Crippen LogP contribution is -3.17. The molecule has 28 heavy (non-hydrogen) atoms. The average molecular weight is 405 g/mol. The van der Waals surface area contributed by atoms with Gasteiger partial charge in [-0.25, -0.2) is 4.90 Å². The number of hydrogen-bond donors (Lipinski definition) is 1. The van der Waals surface area contributed by atoms with Crippen LogP contribution in [0.25, 0.3) is 0 Å². The second kappa shape index (κ2) is 8.21. The predicted octanol–water partition coefficient (Wildman–Crippen LogP) is 1.28. The van der Waals surface area contributed by atoms with Gasteiger partial charge in [0, 0.05) is 24.5 Å². The van der Waals surface area contributed by atoms with Crippen molar-refractivity contribution >= 4 is 35.0 Å². The highest BCUT2D eigenvalue weighted by atomic mass is 35.5. The normalized spacial score (nSPS) is 28.5. The Labute approximate surface area is 170 Å². The van der Waals surface area contributed by atoms with Gasteiger partial charge in [0.2, 0.25) is 11.8 Å². The van der Waals surface area contributed by atoms with Crippen molar-refractivity contribution in [2.24, 2.45) is 5.92 Å². The first-order valence-electron chi connectivity index (χ1n) is 10.3. The molecule has 3 amide bonds. The molecule has 3 aliphatic rings. The van der Waals surface area contributed by atoms with Gasteiger partial charge in [0.1, 0.15) is 0 Å². The molecule has 7 heteroatoms. The van der Waals surface area contributed by atoms with E-state index in [2.05, 4.69) is 0 Å². The van der Waals surface area contributed by atoms with E-state index in [0.717, 1.165) is 51.9 Å². The Balaban J connectivity index is 1.31. The summed E-state index contributed by atoms with van der Waals surface area (Å²) < 4.78 is 0. The minimum absolute atomic E-state index is 0.0940. The van der Waals surface area contributed by atoms with Crippen molar-refractivity contribution in [3.63, 3.8) is 0 Å². The van der Waals surface area contributed by atoms with E-state index in [-0.39, 0.29) is 24.3 Å². The summed E-state index contributed by atoms with van der Waals surface area (Å²) >= 11 is 5.92. The fraction of sp³-hybridized carbons (Fsp3) is 0.571. The van der Waals surface area contributed by atoms with Gasteiger partial charge in [-0.05, 0) is 55.9 Å². The van der Waals surface area contributed by atoms with Gasteiger partial charge in [-0.1, -0.05) is 11.6 Å². The zero-order chi connectivity index (χ0) is 19.7. The van der Waals surface area contributed by atoms with E-state index in [0.29, 0.717) is 29.0 Å². The summed E-state index contributed by atoms with van der Waals surface area (Å²) in [6.45, 7) is 3.60. The molecule has 150 valence electrons. The smallest absolute Gasteiger partial charge is 0.292 e. The molecule has 4 rings (SSSR count). The maximum Gasteiger partial charge on any atom is 0.292 e. The third-order valence-corrected chi connectivity index (χ3v) is 6.70. The Morgan fingerprint density at radius 3 is 2.39 bits per heavy atom. The number of carbonyl (C=O) groups excluding carboxylic acids is 3. The summed E-state index contributed by atoms with van der Waals surface area (Å²) in [4.78, 5) is 41.7. The summed E-state index contributed by atoms with van der Waals surface area (Å²) in [5, 5.41) is 0.586. The summed E-state index contributed by atoms with van der Waals surface area (Å²) in [5.74, 6) is 0.681. The molecule has 0 unspecified atom stereocenters. The number of hydrogen-bond acceptors (Lipinski definition) is 3. The van der Waals surface area contributed by atoms with Crippen molar-refractivity contribution in [1.82, 2.24) is 4.90 Å². The molecule has 0 saturated carbocycles. The van der Waals surface area contributed by atoms with E-state index in [1.54, 1.807) is 24.3 Å². The lowest BCUT2D eigenvalue weighted by molar-refractivity contribution is -0.920. The van der Waals surface area contributed by atoms with Crippen molar-refractivity contribution in [2.45, 2.75) is 44.6 Å². The molecule has 1 aromatic rings. The van der Waals surface area contributed by atoms with E-state index in [1.807, 2.05) is 4.90 Å². The van der Waals surface area contributed by atoms with Crippen LogP contribution in [-0.2, 0) is 14.4 Å². The van der Waals surface area contributed by atoms with Gasteiger partial charge < -0.3 is 9.80 Å². The third kappa shape index (κ3) is 3.94. The maximum atomic E-state index is 12.9. The molecule has 3 fully saturated rings. The number of nitrogens with one attached hydrogen (secondary N) is 1. The fourth-order valence-corrected chi connectivity index (χ4v) is 4.90. The number of amides is 3. The number of piperidine rings is 1. The van der Waals surface area contributed by atoms with Gasteiger partial charge in [-0.3, -0.25) is 14.4 Å². The molecule has 3 heterocycles. The molecule has 1 aromatic carbocycles. The molecule has 0 spiro atoms. The molecule has 0 bridgehead atoms. The standard InChI is InChI=1S/C21H26ClN3O3/c22-16-3-5-17(6-4-16)25-20(27)14-18(21(25)28)23-11-7-15(8-12-23)9-13-24-10-1-2-19(24)26/h3-6,15,18H,1-2,7-14H2/p+1/t18-/m0/s1. The summed E-state index contributed by atoms with van der Waals surface area (Å²) in [6, 6.07) is 6.58. The number of benzene rings is 1. The van der Waals surface area contributed by atoms with Crippen molar-refractivity contribution in [2.75, 3.05) is 31.1 Å². The van der Waals surface area contributed by atoms with Crippen LogP contribution in [0.2, 0.25) is 5.02 Å². The van der Waals surface area contributed by atoms with Gasteiger partial charge in [0.15, 0.2) is 6.04 Å². The van der Waals surface area contributed by atoms with Crippen molar-refractivity contribution in [3.8, 4) is 0 Å². The first-order valence-corrected chi connectivity index (χ1v) is 10.7. The highest BCUT2D eigenvalue weighted by Gasteiger charge is 2.46. The summed E-state index contributed by atoms with van der Waals surface area (Å²) in [6.07, 6.45) is 5.12. The van der Waals surface area contributed by atoms with Gasteiger partial charge in [-0.2, -0.15) is 0 Å². The number of likely N-dealkylation sites (tertiary alicyclic amines) is 2. The Morgan fingerprint density at radius 1 is 1.04 bits per heavy atom. The van der Waals surface area contributed by atoms with E-state index in [1.165, 1.54) is 9.80 Å². The summed E-state index contributed by atoms with van der Waals surface area (Å²) in [5.41, 5.74) is 0.603. The Hall–Kier alpha value is -1.92. The largest absolute Gasteiger partial charge is 0.343 e. The van der Waals surface area contributed by atoms with Crippen LogP contribution in [0.1, 0.15) is 38.5 Å². The second-order valence-corrected chi connectivity index (χ2v) is 8.61. The first-order chi connectivity index (χ1) is 13.5. The first kappa shape index (κ1) is 19.4. The number of nitrogens with zero attached hydrogens (tertiary/aromatic N) is 2. The van der Waals surface area contributed by atoms with Gasteiger partial charge in [-0.15, -0.1) is 0 Å². The minimum atomic E-state index is -0.274. The van der Waals surface area contributed by atoms with Crippen LogP contribution < -0.4 is 9.80 Å². The monoisotopic (exact) mass is 404 g/mol. The highest BCUT2D eigenvalue weighted by Crippen LogP contribution is 2.24. The van der Waals surface area contributed by atoms with Crippen LogP contribution >= 0.6 is 11.6 Å². The third-order valence-electron chi connectivity index (χ3n) is 6.45. The number of halogens is 1. The zero-order valence-electron chi connectivity index (χ0n) is 16.0. The molecule has 0 aliphatic carbocycles. The van der Waals surface area contributed by atoms with Crippen molar-refractivity contribution in [1.29, 1.82) is 0 Å². The Bertz CT molecular complexity index is 759. The highest BCUT2D eigenvalue weighted by molar-refractivity contribution is 6.30. The van der Waals surface area contributed by atoms with Crippen LogP contribution in [-0.4, -0.2) is 54.8 Å². The number of quaternary nitrogens is 1. The van der Waals surface area contributed by atoms with Crippen LogP contribution in [0.3, 0.4) is 0 Å². The predicted molar refractivity (Wildman–Crippen MR) is 106 cm³/mol. The van der Waals surface area contributed by atoms with E-state index < -0.39 is 0 Å². The Morgan fingerprint density at radius 2 is 1.75 bits per heavy atom. The molecule has 6 nitrogen and oxygen atoms in total. The lowest BCUT2D eigenvalue weighted by Gasteiger charge is -2.32. The average Bonchev–Trinajstić information content (AvgIpc) is 3.24. The number of anilines is 1. The lowest BCUT2D eigenvalue weighted by atomic mass is 9.92. The topological polar surface area (TPSA) is 62.1 Å². The molecule has 1 atom stereocenters. The van der Waals surface area contributed by atoms with Gasteiger partial charge in [0.05, 0.1) is 25.2 Å². The summed E-state index contributed by atoms with van der Waals surface area (Å²) in [7, 11) is 0. The van der Waals surface area contributed by atoms with Crippen LogP contribution in [0.4, 0.5) is 5.69 Å². The van der Waals surface area contributed by atoms with Gasteiger partial charge in [0.25, 0.3) is 5.91 Å².